The summed E-state index contributed by atoms with van der Waals surface area (Å²) < 4.78 is 13.5. The summed E-state index contributed by atoms with van der Waals surface area (Å²) in [6, 6.07) is 12.0. The highest BCUT2D eigenvalue weighted by Crippen LogP contribution is 2.19. The molecule has 2 aromatic rings. The van der Waals surface area contributed by atoms with E-state index in [2.05, 4.69) is 16.0 Å². The Morgan fingerprint density at radius 2 is 1.70 bits per heavy atom. The van der Waals surface area contributed by atoms with Gasteiger partial charge in [-0.25, -0.2) is 4.39 Å². The smallest absolute Gasteiger partial charge is 0.243 e. The van der Waals surface area contributed by atoms with Crippen LogP contribution in [0, 0.1) is 19.7 Å². The van der Waals surface area contributed by atoms with Crippen LogP contribution in [0.2, 0.25) is 0 Å². The van der Waals surface area contributed by atoms with Gasteiger partial charge in [-0.1, -0.05) is 30.3 Å². The van der Waals surface area contributed by atoms with E-state index in [1.165, 1.54) is 6.07 Å². The van der Waals surface area contributed by atoms with E-state index < -0.39 is 5.82 Å². The fourth-order valence-corrected chi connectivity index (χ4v) is 2.27. The van der Waals surface area contributed by atoms with Crippen molar-refractivity contribution in [2.75, 3.05) is 17.2 Å². The lowest BCUT2D eigenvalue weighted by atomic mass is 10.1. The lowest BCUT2D eigenvalue weighted by molar-refractivity contribution is -0.115. The zero-order valence-electron chi connectivity index (χ0n) is 12.9. The maximum atomic E-state index is 13.5. The number of anilines is 2. The third-order valence-electron chi connectivity index (χ3n) is 3.28. The highest BCUT2D eigenvalue weighted by Gasteiger charge is 2.08. The van der Waals surface area contributed by atoms with Crippen molar-refractivity contribution in [3.63, 3.8) is 0 Å². The quantitative estimate of drug-likeness (QED) is 0.752. The third-order valence-corrected chi connectivity index (χ3v) is 3.52. The number of benzene rings is 2. The van der Waals surface area contributed by atoms with Crippen LogP contribution < -0.4 is 16.0 Å². The number of nitrogens with one attached hydrogen (secondary N) is 3. The fourth-order valence-electron chi connectivity index (χ4n) is 2.08. The average molecular weight is 331 g/mol. The standard InChI is InChI=1S/C17H18FN3OS/c1-11-6-5-7-12(2)16(11)21-15(22)10-19-17(23)20-14-9-4-3-8-13(14)18/h3-9H,10H2,1-2H3,(H,21,22)(H2,19,20,23). The molecule has 2 rings (SSSR count). The van der Waals surface area contributed by atoms with Gasteiger partial charge < -0.3 is 16.0 Å². The zero-order valence-corrected chi connectivity index (χ0v) is 13.8. The van der Waals surface area contributed by atoms with Gasteiger partial charge in [0.1, 0.15) is 5.82 Å². The Hall–Kier alpha value is -2.47. The van der Waals surface area contributed by atoms with Gasteiger partial charge in [0.05, 0.1) is 12.2 Å². The van der Waals surface area contributed by atoms with E-state index in [9.17, 15) is 9.18 Å². The molecular weight excluding hydrogens is 313 g/mol. The zero-order chi connectivity index (χ0) is 16.8. The van der Waals surface area contributed by atoms with Crippen molar-refractivity contribution in [1.29, 1.82) is 0 Å². The van der Waals surface area contributed by atoms with E-state index in [1.54, 1.807) is 18.2 Å². The minimum absolute atomic E-state index is 0.00589. The molecule has 3 N–H and O–H groups in total. The van der Waals surface area contributed by atoms with Gasteiger partial charge in [-0.3, -0.25) is 4.79 Å². The Balaban J connectivity index is 1.87. The number of hydrogen-bond donors (Lipinski definition) is 3. The van der Waals surface area contributed by atoms with Crippen LogP contribution >= 0.6 is 12.2 Å². The van der Waals surface area contributed by atoms with Crippen molar-refractivity contribution in [3.8, 4) is 0 Å². The predicted octanol–water partition coefficient (Wildman–Crippen LogP) is 3.37. The molecular formula is C17H18FN3OS. The maximum absolute atomic E-state index is 13.5. The maximum Gasteiger partial charge on any atom is 0.243 e. The molecule has 0 fully saturated rings. The van der Waals surface area contributed by atoms with Crippen molar-refractivity contribution < 1.29 is 9.18 Å². The normalized spacial score (nSPS) is 10.0. The summed E-state index contributed by atoms with van der Waals surface area (Å²) in [7, 11) is 0. The molecule has 0 bridgehead atoms. The summed E-state index contributed by atoms with van der Waals surface area (Å²) in [6.45, 7) is 3.86. The molecule has 120 valence electrons. The number of carbonyl (C=O) groups excluding carboxylic acids is 1. The number of amides is 1. The van der Waals surface area contributed by atoms with Crippen LogP contribution in [0.5, 0.6) is 0 Å². The Morgan fingerprint density at radius 3 is 2.35 bits per heavy atom. The molecule has 0 aromatic heterocycles. The number of aryl methyl sites for hydroxylation is 2. The van der Waals surface area contributed by atoms with E-state index >= 15 is 0 Å². The first-order valence-corrected chi connectivity index (χ1v) is 7.53. The Kier molecular flexibility index (Phi) is 5.65. The summed E-state index contributed by atoms with van der Waals surface area (Å²) in [4.78, 5) is 12.0. The van der Waals surface area contributed by atoms with Gasteiger partial charge in [0.25, 0.3) is 0 Å². The van der Waals surface area contributed by atoms with E-state index in [1.807, 2.05) is 32.0 Å². The van der Waals surface area contributed by atoms with Crippen molar-refractivity contribution in [1.82, 2.24) is 5.32 Å². The molecule has 0 atom stereocenters. The molecule has 0 radical (unpaired) electrons. The SMILES string of the molecule is Cc1cccc(C)c1NC(=O)CNC(=S)Nc1ccccc1F. The van der Waals surface area contributed by atoms with E-state index in [0.717, 1.165) is 16.8 Å². The summed E-state index contributed by atoms with van der Waals surface area (Å²) in [5.41, 5.74) is 3.04. The second kappa shape index (κ2) is 7.69. The molecule has 1 amide bonds. The lowest BCUT2D eigenvalue weighted by Gasteiger charge is -2.13. The predicted molar refractivity (Wildman–Crippen MR) is 95.2 cm³/mol. The third kappa shape index (κ3) is 4.75. The molecule has 0 aliphatic rings. The number of carbonyl (C=O) groups is 1. The Morgan fingerprint density at radius 1 is 1.04 bits per heavy atom. The van der Waals surface area contributed by atoms with Crippen molar-refractivity contribution in [2.45, 2.75) is 13.8 Å². The minimum atomic E-state index is -0.406. The van der Waals surface area contributed by atoms with E-state index in [4.69, 9.17) is 12.2 Å². The molecule has 0 saturated carbocycles. The van der Waals surface area contributed by atoms with Crippen molar-refractivity contribution in [2.24, 2.45) is 0 Å². The molecule has 0 aliphatic carbocycles. The van der Waals surface area contributed by atoms with Crippen LogP contribution in [-0.4, -0.2) is 17.6 Å². The molecule has 0 heterocycles. The minimum Gasteiger partial charge on any atom is -0.353 e. The molecule has 2 aromatic carbocycles. The number of thiocarbonyl (C=S) groups is 1. The molecule has 0 unspecified atom stereocenters. The molecule has 4 nitrogen and oxygen atoms in total. The van der Waals surface area contributed by atoms with Gasteiger partial charge in [0.2, 0.25) is 5.91 Å². The van der Waals surface area contributed by atoms with Crippen LogP contribution in [0.15, 0.2) is 42.5 Å². The number of hydrogen-bond acceptors (Lipinski definition) is 2. The molecule has 0 aliphatic heterocycles. The van der Waals surface area contributed by atoms with Gasteiger partial charge in [0, 0.05) is 5.69 Å². The van der Waals surface area contributed by atoms with E-state index in [0.29, 0.717) is 0 Å². The molecule has 23 heavy (non-hydrogen) atoms. The van der Waals surface area contributed by atoms with Gasteiger partial charge in [-0.05, 0) is 49.3 Å². The Labute approximate surface area is 140 Å². The highest BCUT2D eigenvalue weighted by molar-refractivity contribution is 7.80. The van der Waals surface area contributed by atoms with Gasteiger partial charge in [-0.15, -0.1) is 0 Å². The average Bonchev–Trinajstić information content (AvgIpc) is 2.51. The van der Waals surface area contributed by atoms with Crippen LogP contribution in [0.4, 0.5) is 15.8 Å². The number of rotatable bonds is 4. The molecule has 6 heteroatoms. The van der Waals surface area contributed by atoms with Gasteiger partial charge >= 0.3 is 0 Å². The summed E-state index contributed by atoms with van der Waals surface area (Å²) in [5, 5.41) is 8.51. The van der Waals surface area contributed by atoms with Crippen LogP contribution in [0.1, 0.15) is 11.1 Å². The summed E-state index contributed by atoms with van der Waals surface area (Å²) in [6.07, 6.45) is 0. The Bertz CT molecular complexity index is 713. The lowest BCUT2D eigenvalue weighted by Crippen LogP contribution is -2.36. The molecule has 0 spiro atoms. The number of halogens is 1. The second-order valence-electron chi connectivity index (χ2n) is 5.10. The van der Waals surface area contributed by atoms with Crippen molar-refractivity contribution >= 4 is 34.6 Å². The topological polar surface area (TPSA) is 53.2 Å². The first-order chi connectivity index (χ1) is 11.0. The first-order valence-electron chi connectivity index (χ1n) is 7.13. The van der Waals surface area contributed by atoms with Crippen LogP contribution in [0.3, 0.4) is 0 Å². The van der Waals surface area contributed by atoms with Crippen LogP contribution in [0.25, 0.3) is 0 Å². The largest absolute Gasteiger partial charge is 0.353 e. The highest BCUT2D eigenvalue weighted by atomic mass is 32.1. The first kappa shape index (κ1) is 16.9. The summed E-state index contributed by atoms with van der Waals surface area (Å²) in [5.74, 6) is -0.628. The van der Waals surface area contributed by atoms with Gasteiger partial charge in [-0.2, -0.15) is 0 Å². The van der Waals surface area contributed by atoms with Gasteiger partial charge in [0.15, 0.2) is 5.11 Å². The van der Waals surface area contributed by atoms with Crippen LogP contribution in [-0.2, 0) is 4.79 Å². The monoisotopic (exact) mass is 331 g/mol. The molecule has 0 saturated heterocycles. The number of para-hydroxylation sites is 2. The fraction of sp³-hybridized carbons (Fsp3) is 0.176. The van der Waals surface area contributed by atoms with Crippen molar-refractivity contribution in [3.05, 3.63) is 59.4 Å². The van der Waals surface area contributed by atoms with E-state index in [-0.39, 0.29) is 23.3 Å². The second-order valence-corrected chi connectivity index (χ2v) is 5.51. The summed E-state index contributed by atoms with van der Waals surface area (Å²) >= 11 is 5.06.